The number of fused-ring (bicyclic) bond motifs is 2. The molecule has 0 spiro atoms. The Kier molecular flexibility index (Phi) is 9.65. The van der Waals surface area contributed by atoms with Gasteiger partial charge in [0, 0.05) is 30.4 Å². The maximum absolute atomic E-state index is 13.4. The van der Waals surface area contributed by atoms with Crippen LogP contribution < -0.4 is 30.4 Å². The number of amides is 2. The molecule has 4 aromatic rings. The first-order valence-electron chi connectivity index (χ1n) is 13.7. The fourth-order valence-corrected chi connectivity index (χ4v) is 6.31. The first-order valence-corrected chi connectivity index (χ1v) is 15.5. The van der Waals surface area contributed by atoms with Gasteiger partial charge in [0.25, 0.3) is 5.56 Å². The van der Waals surface area contributed by atoms with E-state index in [1.54, 1.807) is 54.1 Å². The number of anilines is 2. The Bertz CT molecular complexity index is 1620. The van der Waals surface area contributed by atoms with Crippen molar-refractivity contribution in [2.45, 2.75) is 56.0 Å². The highest BCUT2D eigenvalue weighted by atomic mass is 32.2. The second-order valence-corrected chi connectivity index (χ2v) is 11.7. The van der Waals surface area contributed by atoms with Gasteiger partial charge in [-0.2, -0.15) is 0 Å². The van der Waals surface area contributed by atoms with Crippen LogP contribution in [0.3, 0.4) is 0 Å². The Morgan fingerprint density at radius 1 is 1.05 bits per heavy atom. The van der Waals surface area contributed by atoms with E-state index < -0.39 is 5.25 Å². The van der Waals surface area contributed by atoms with E-state index in [1.807, 2.05) is 18.4 Å². The van der Waals surface area contributed by atoms with E-state index in [0.717, 1.165) is 17.9 Å². The minimum Gasteiger partial charge on any atom is -0.497 e. The lowest BCUT2D eigenvalue weighted by Gasteiger charge is -2.17. The molecule has 220 valence electrons. The normalized spacial score (nSPS) is 12.7. The van der Waals surface area contributed by atoms with Crippen molar-refractivity contribution in [2.75, 3.05) is 24.5 Å². The predicted molar refractivity (Wildman–Crippen MR) is 165 cm³/mol. The zero-order valence-electron chi connectivity index (χ0n) is 23.4. The van der Waals surface area contributed by atoms with E-state index >= 15 is 0 Å². The van der Waals surface area contributed by atoms with Crippen LogP contribution in [0, 0.1) is 0 Å². The molecule has 1 aliphatic heterocycles. The molecule has 2 aromatic carbocycles. The molecule has 2 aromatic heterocycles. The number of methoxy groups -OCH3 is 1. The fraction of sp³-hybridized carbons (Fsp3) is 0.333. The van der Waals surface area contributed by atoms with Gasteiger partial charge in [-0.25, -0.2) is 4.98 Å². The molecule has 10 nitrogen and oxygen atoms in total. The first-order chi connectivity index (χ1) is 20.4. The molecule has 0 fully saturated rings. The predicted octanol–water partition coefficient (Wildman–Crippen LogP) is 5.90. The number of unbranched alkanes of at least 4 members (excludes halogenated alkanes) is 2. The number of hydrogen-bond donors (Lipinski definition) is 2. The first kappa shape index (κ1) is 29.5. The van der Waals surface area contributed by atoms with Gasteiger partial charge in [-0.3, -0.25) is 19.0 Å². The minimum atomic E-state index is -0.466. The van der Waals surface area contributed by atoms with Crippen molar-refractivity contribution in [3.05, 3.63) is 64.3 Å². The molecule has 0 unspecified atom stereocenters. The monoisotopic (exact) mass is 608 g/mol. The molecule has 5 rings (SSSR count). The topological polar surface area (TPSA) is 121 Å². The Morgan fingerprint density at radius 3 is 2.62 bits per heavy atom. The van der Waals surface area contributed by atoms with Gasteiger partial charge < -0.3 is 24.8 Å². The highest BCUT2D eigenvalue weighted by molar-refractivity contribution is 8.00. The molecular weight excluding hydrogens is 576 g/mol. The Morgan fingerprint density at radius 2 is 1.83 bits per heavy atom. The summed E-state index contributed by atoms with van der Waals surface area (Å²) in [6.07, 6.45) is 3.06. The average Bonchev–Trinajstić information content (AvgIpc) is 3.67. The van der Waals surface area contributed by atoms with Gasteiger partial charge in [-0.15, -0.1) is 11.3 Å². The van der Waals surface area contributed by atoms with Crippen LogP contribution in [0.5, 0.6) is 17.2 Å². The van der Waals surface area contributed by atoms with Crippen LogP contribution in [0.4, 0.5) is 11.4 Å². The van der Waals surface area contributed by atoms with Crippen molar-refractivity contribution in [1.82, 2.24) is 9.55 Å². The smallest absolute Gasteiger partial charge is 0.272 e. The summed E-state index contributed by atoms with van der Waals surface area (Å²) in [5.74, 6) is 1.71. The lowest BCUT2D eigenvalue weighted by atomic mass is 10.2. The summed E-state index contributed by atoms with van der Waals surface area (Å²) in [7, 11) is 1.60. The van der Waals surface area contributed by atoms with Gasteiger partial charge >= 0.3 is 0 Å². The molecule has 12 heteroatoms. The van der Waals surface area contributed by atoms with Crippen molar-refractivity contribution >= 4 is 56.5 Å². The highest BCUT2D eigenvalue weighted by Crippen LogP contribution is 2.35. The number of carbonyl (C=O) groups is 2. The summed E-state index contributed by atoms with van der Waals surface area (Å²) in [4.78, 5) is 43.7. The summed E-state index contributed by atoms with van der Waals surface area (Å²) in [5, 5.41) is 7.74. The third kappa shape index (κ3) is 7.05. The van der Waals surface area contributed by atoms with Gasteiger partial charge in [0.1, 0.15) is 10.4 Å². The number of nitrogens with zero attached hydrogens (tertiary/aromatic N) is 2. The van der Waals surface area contributed by atoms with Gasteiger partial charge in [0.15, 0.2) is 16.7 Å². The van der Waals surface area contributed by atoms with Crippen LogP contribution >= 0.6 is 23.1 Å². The molecule has 1 aliphatic rings. The zero-order chi connectivity index (χ0) is 29.5. The molecule has 3 heterocycles. The zero-order valence-corrected chi connectivity index (χ0v) is 25.0. The molecule has 0 radical (unpaired) electrons. The third-order valence-electron chi connectivity index (χ3n) is 6.74. The van der Waals surface area contributed by atoms with E-state index in [0.29, 0.717) is 64.8 Å². The lowest BCUT2D eigenvalue weighted by molar-refractivity contribution is -0.116. The second kappa shape index (κ2) is 13.8. The van der Waals surface area contributed by atoms with E-state index in [-0.39, 0.29) is 24.2 Å². The van der Waals surface area contributed by atoms with E-state index in [2.05, 4.69) is 10.6 Å². The highest BCUT2D eigenvalue weighted by Gasteiger charge is 2.23. The Hall–Kier alpha value is -4.03. The van der Waals surface area contributed by atoms with Gasteiger partial charge in [0.2, 0.25) is 18.6 Å². The summed E-state index contributed by atoms with van der Waals surface area (Å²) in [5.41, 5.74) is 1.85. The number of hydrogen-bond acceptors (Lipinski definition) is 9. The molecule has 0 bridgehead atoms. The molecule has 0 aliphatic carbocycles. The average molecular weight is 609 g/mol. The van der Waals surface area contributed by atoms with Crippen LogP contribution in [0.25, 0.3) is 10.2 Å². The summed E-state index contributed by atoms with van der Waals surface area (Å²) in [6, 6.07) is 14.3. The van der Waals surface area contributed by atoms with Gasteiger partial charge in [-0.05, 0) is 67.1 Å². The Labute approximate surface area is 251 Å². The van der Waals surface area contributed by atoms with Crippen molar-refractivity contribution in [1.29, 1.82) is 0 Å². The van der Waals surface area contributed by atoms with Gasteiger partial charge in [-0.1, -0.05) is 25.1 Å². The summed E-state index contributed by atoms with van der Waals surface area (Å²) in [6.45, 7) is 2.53. The number of benzene rings is 2. The third-order valence-corrected chi connectivity index (χ3v) is 8.99. The largest absolute Gasteiger partial charge is 0.497 e. The van der Waals surface area contributed by atoms with Crippen LogP contribution in [-0.2, 0) is 16.1 Å². The molecule has 2 amide bonds. The molecule has 42 heavy (non-hydrogen) atoms. The number of thioether (sulfide) groups is 1. The van der Waals surface area contributed by atoms with E-state index in [9.17, 15) is 14.4 Å². The quantitative estimate of drug-likeness (QED) is 0.109. The fourth-order valence-electron chi connectivity index (χ4n) is 4.49. The number of nitrogens with one attached hydrogen (secondary N) is 2. The van der Waals surface area contributed by atoms with Crippen LogP contribution in [0.2, 0.25) is 0 Å². The minimum absolute atomic E-state index is 0.0606. The van der Waals surface area contributed by atoms with Crippen LogP contribution in [0.1, 0.15) is 39.0 Å². The molecule has 1 atom stereocenters. The summed E-state index contributed by atoms with van der Waals surface area (Å²) >= 11 is 2.65. The van der Waals surface area contributed by atoms with Crippen LogP contribution in [-0.4, -0.2) is 40.5 Å². The second-order valence-electron chi connectivity index (χ2n) is 9.65. The maximum Gasteiger partial charge on any atom is 0.272 e. The molecule has 0 saturated carbocycles. The van der Waals surface area contributed by atoms with Crippen molar-refractivity contribution < 1.29 is 23.8 Å². The van der Waals surface area contributed by atoms with Crippen LogP contribution in [0.15, 0.2) is 63.9 Å². The molecule has 2 N–H and O–H groups in total. The number of carbonyl (C=O) groups excluding carboxylic acids is 2. The number of thiophene rings is 1. The van der Waals surface area contributed by atoms with Gasteiger partial charge in [0.05, 0.1) is 17.9 Å². The van der Waals surface area contributed by atoms with E-state index in [1.165, 1.54) is 23.1 Å². The van der Waals surface area contributed by atoms with E-state index in [4.69, 9.17) is 19.2 Å². The SMILES string of the molecule is CC[C@@H](Sc1nc2ccsc2c(=O)n1CCCCCC(=O)Nc1ccc(OC)cc1)C(=O)Nc1ccc2c(c1)OCO2. The van der Waals surface area contributed by atoms with Crippen molar-refractivity contribution in [3.8, 4) is 17.2 Å². The molecular formula is C30H32N4O6S2. The summed E-state index contributed by atoms with van der Waals surface area (Å²) < 4.78 is 18.2. The Balaban J connectivity index is 1.20. The molecule has 0 saturated heterocycles. The number of rotatable bonds is 13. The van der Waals surface area contributed by atoms with Crippen molar-refractivity contribution in [3.63, 3.8) is 0 Å². The van der Waals surface area contributed by atoms with Crippen molar-refractivity contribution in [2.24, 2.45) is 0 Å². The maximum atomic E-state index is 13.4. The standard InChI is InChI=1S/C30H32N4O6S2/c1-3-25(28(36)32-20-10-13-23-24(17-20)40-18-39-23)42-30-33-22-14-16-41-27(22)29(37)34(30)15-6-4-5-7-26(35)31-19-8-11-21(38-2)12-9-19/h8-14,16-17,25H,3-7,15,18H2,1-2H3,(H,31,35)(H,32,36)/t25-/m1/s1. The number of aromatic nitrogens is 2. The lowest BCUT2D eigenvalue weighted by Crippen LogP contribution is -2.28. The number of ether oxygens (including phenoxy) is 3.